The van der Waals surface area contributed by atoms with Gasteiger partial charge in [0.2, 0.25) is 0 Å². The van der Waals surface area contributed by atoms with Gasteiger partial charge in [-0.1, -0.05) is 34.6 Å². The second kappa shape index (κ2) is 4.64. The molecule has 0 heterocycles. The van der Waals surface area contributed by atoms with Crippen LogP contribution in [0.25, 0.3) is 0 Å². The molecule has 0 aromatic rings. The molecule has 0 aliphatic heterocycles. The zero-order valence-corrected chi connectivity index (χ0v) is 9.44. The maximum atomic E-state index is 4.58. The predicted molar refractivity (Wildman–Crippen MR) is 56.9 cm³/mol. The fraction of sp³-hybridized carbons (Fsp3) is 0.909. The van der Waals surface area contributed by atoms with E-state index in [-0.39, 0.29) is 0 Å². The lowest BCUT2D eigenvalue weighted by Crippen LogP contribution is -2.13. The topological polar surface area (TPSA) is 12.4 Å². The minimum atomic E-state index is 0.328. The molecule has 0 aliphatic carbocycles. The minimum absolute atomic E-state index is 0.328. The van der Waals surface area contributed by atoms with E-state index in [1.807, 2.05) is 0 Å². The van der Waals surface area contributed by atoms with E-state index in [0.717, 1.165) is 6.54 Å². The molecule has 12 heavy (non-hydrogen) atoms. The van der Waals surface area contributed by atoms with E-state index < -0.39 is 0 Å². The number of nitrogens with zero attached hydrogens (tertiary/aromatic N) is 1. The molecule has 0 spiro atoms. The van der Waals surface area contributed by atoms with Crippen LogP contribution in [0.15, 0.2) is 4.99 Å². The first-order valence-corrected chi connectivity index (χ1v) is 4.87. The first-order chi connectivity index (χ1) is 5.37. The van der Waals surface area contributed by atoms with Gasteiger partial charge in [-0.2, -0.15) is 0 Å². The molecule has 0 N–H and O–H groups in total. The van der Waals surface area contributed by atoms with Crippen molar-refractivity contribution < 1.29 is 0 Å². The van der Waals surface area contributed by atoms with E-state index in [9.17, 15) is 0 Å². The molecule has 0 radical (unpaired) electrons. The molecule has 0 aliphatic rings. The van der Waals surface area contributed by atoms with Gasteiger partial charge >= 0.3 is 0 Å². The Bertz CT molecular complexity index is 151. The van der Waals surface area contributed by atoms with E-state index >= 15 is 0 Å². The molecule has 0 bridgehead atoms. The van der Waals surface area contributed by atoms with Gasteiger partial charge in [0.25, 0.3) is 0 Å². The normalized spacial score (nSPS) is 16.3. The van der Waals surface area contributed by atoms with Gasteiger partial charge < -0.3 is 0 Å². The molecule has 0 aromatic heterocycles. The highest BCUT2D eigenvalue weighted by Gasteiger charge is 2.09. The smallest absolute Gasteiger partial charge is 0.0437 e. The summed E-state index contributed by atoms with van der Waals surface area (Å²) in [5.41, 5.74) is 1.63. The molecule has 0 saturated carbocycles. The van der Waals surface area contributed by atoms with Gasteiger partial charge in [-0.3, -0.25) is 4.99 Å². The van der Waals surface area contributed by atoms with Crippen molar-refractivity contribution in [1.29, 1.82) is 0 Å². The SMILES string of the molecule is CCC(C)C(C)=NCC(C)(C)C. The van der Waals surface area contributed by atoms with E-state index in [4.69, 9.17) is 0 Å². The zero-order chi connectivity index (χ0) is 9.78. The summed E-state index contributed by atoms with van der Waals surface area (Å²) in [6.07, 6.45) is 1.19. The van der Waals surface area contributed by atoms with Crippen LogP contribution in [0.4, 0.5) is 0 Å². The van der Waals surface area contributed by atoms with Crippen LogP contribution in [0.2, 0.25) is 0 Å². The third-order valence-corrected chi connectivity index (χ3v) is 2.13. The molecular weight excluding hydrogens is 146 g/mol. The highest BCUT2D eigenvalue weighted by Crippen LogP contribution is 2.14. The first kappa shape index (κ1) is 11.7. The number of aliphatic imine (C=N–C) groups is 1. The van der Waals surface area contributed by atoms with Crippen molar-refractivity contribution in [3.63, 3.8) is 0 Å². The Morgan fingerprint density at radius 1 is 1.33 bits per heavy atom. The predicted octanol–water partition coefficient (Wildman–Crippen LogP) is 3.54. The highest BCUT2D eigenvalue weighted by molar-refractivity contribution is 5.83. The molecule has 72 valence electrons. The lowest BCUT2D eigenvalue weighted by atomic mass is 9.96. The van der Waals surface area contributed by atoms with Crippen LogP contribution in [0.5, 0.6) is 0 Å². The van der Waals surface area contributed by atoms with Crippen molar-refractivity contribution in [3.8, 4) is 0 Å². The molecule has 1 heteroatoms. The Kier molecular flexibility index (Phi) is 4.51. The summed E-state index contributed by atoms with van der Waals surface area (Å²) in [5, 5.41) is 0. The number of hydrogen-bond acceptors (Lipinski definition) is 1. The molecule has 1 unspecified atom stereocenters. The largest absolute Gasteiger partial charge is 0.294 e. The second-order valence-corrected chi connectivity index (χ2v) is 4.83. The van der Waals surface area contributed by atoms with Gasteiger partial charge in [-0.25, -0.2) is 0 Å². The van der Waals surface area contributed by atoms with Crippen LogP contribution in [0.1, 0.15) is 48.0 Å². The Balaban J connectivity index is 4.01. The van der Waals surface area contributed by atoms with Gasteiger partial charge in [-0.05, 0) is 24.7 Å². The van der Waals surface area contributed by atoms with Crippen LogP contribution in [0, 0.1) is 11.3 Å². The monoisotopic (exact) mass is 169 g/mol. The van der Waals surface area contributed by atoms with Crippen LogP contribution < -0.4 is 0 Å². The second-order valence-electron chi connectivity index (χ2n) is 4.83. The maximum absolute atomic E-state index is 4.58. The quantitative estimate of drug-likeness (QED) is 0.573. The standard InChI is InChI=1S/C11H23N/c1-7-9(2)10(3)12-8-11(4,5)6/h9H,7-8H2,1-6H3. The zero-order valence-electron chi connectivity index (χ0n) is 9.44. The third kappa shape index (κ3) is 5.34. The van der Waals surface area contributed by atoms with Crippen molar-refractivity contribution in [2.24, 2.45) is 16.3 Å². The van der Waals surface area contributed by atoms with Gasteiger partial charge in [0.05, 0.1) is 0 Å². The average Bonchev–Trinajstić information content (AvgIpc) is 1.97. The lowest BCUT2D eigenvalue weighted by molar-refractivity contribution is 0.428. The Morgan fingerprint density at radius 3 is 2.17 bits per heavy atom. The highest BCUT2D eigenvalue weighted by atomic mass is 14.7. The maximum Gasteiger partial charge on any atom is 0.0437 e. The van der Waals surface area contributed by atoms with Gasteiger partial charge in [0.1, 0.15) is 0 Å². The molecule has 1 nitrogen and oxygen atoms in total. The fourth-order valence-corrected chi connectivity index (χ4v) is 0.813. The van der Waals surface area contributed by atoms with Crippen LogP contribution in [-0.2, 0) is 0 Å². The summed E-state index contributed by atoms with van der Waals surface area (Å²) in [6, 6.07) is 0. The minimum Gasteiger partial charge on any atom is -0.294 e. The van der Waals surface area contributed by atoms with Gasteiger partial charge in [0.15, 0.2) is 0 Å². The van der Waals surface area contributed by atoms with E-state index in [1.54, 1.807) is 0 Å². The first-order valence-electron chi connectivity index (χ1n) is 4.87. The van der Waals surface area contributed by atoms with Crippen molar-refractivity contribution in [2.75, 3.05) is 6.54 Å². The molecule has 1 atom stereocenters. The number of rotatable bonds is 3. The summed E-state index contributed by atoms with van der Waals surface area (Å²) in [6.45, 7) is 14.2. The lowest BCUT2D eigenvalue weighted by Gasteiger charge is -2.16. The molecule has 0 rings (SSSR count). The van der Waals surface area contributed by atoms with E-state index in [2.05, 4.69) is 46.5 Å². The molecular formula is C11H23N. The van der Waals surface area contributed by atoms with Gasteiger partial charge in [-0.15, -0.1) is 0 Å². The summed E-state index contributed by atoms with van der Waals surface area (Å²) in [5.74, 6) is 0.646. The van der Waals surface area contributed by atoms with E-state index in [1.165, 1.54) is 12.1 Å². The average molecular weight is 169 g/mol. The molecule has 0 saturated heterocycles. The fourth-order valence-electron chi connectivity index (χ4n) is 0.813. The molecule has 0 aromatic carbocycles. The Hall–Kier alpha value is -0.330. The van der Waals surface area contributed by atoms with Crippen LogP contribution in [-0.4, -0.2) is 12.3 Å². The third-order valence-electron chi connectivity index (χ3n) is 2.13. The summed E-state index contributed by atoms with van der Waals surface area (Å²) in [7, 11) is 0. The Labute approximate surface area is 77.3 Å². The van der Waals surface area contributed by atoms with Crippen LogP contribution >= 0.6 is 0 Å². The van der Waals surface area contributed by atoms with Crippen molar-refractivity contribution in [3.05, 3.63) is 0 Å². The van der Waals surface area contributed by atoms with E-state index in [0.29, 0.717) is 11.3 Å². The van der Waals surface area contributed by atoms with Crippen molar-refractivity contribution >= 4 is 5.71 Å². The molecule has 0 fully saturated rings. The summed E-state index contributed by atoms with van der Waals surface area (Å²) in [4.78, 5) is 4.58. The van der Waals surface area contributed by atoms with Gasteiger partial charge in [0, 0.05) is 12.3 Å². The van der Waals surface area contributed by atoms with Crippen molar-refractivity contribution in [1.82, 2.24) is 0 Å². The number of hydrogen-bond donors (Lipinski definition) is 0. The summed E-state index contributed by atoms with van der Waals surface area (Å²) >= 11 is 0. The molecule has 0 amide bonds. The van der Waals surface area contributed by atoms with Crippen molar-refractivity contribution in [2.45, 2.75) is 48.0 Å². The Morgan fingerprint density at radius 2 is 1.83 bits per heavy atom. The summed E-state index contributed by atoms with van der Waals surface area (Å²) < 4.78 is 0. The van der Waals surface area contributed by atoms with Crippen LogP contribution in [0.3, 0.4) is 0 Å².